The molecule has 0 aromatic carbocycles. The summed E-state index contributed by atoms with van der Waals surface area (Å²) in [5.41, 5.74) is 9.15. The SMILES string of the molecule is CCCc1cnnc(-c2nc(-c3nncc(CCC)c3CCC)nc(-c3nncc(CCC)c3CCC)n2)c1CCC. The Bertz CT molecular complexity index is 1280. The molecule has 4 aromatic rings. The minimum Gasteiger partial charge on any atom is -0.205 e. The van der Waals surface area contributed by atoms with Crippen molar-refractivity contribution in [3.05, 3.63) is 52.0 Å². The Morgan fingerprint density at radius 1 is 0.381 bits per heavy atom. The van der Waals surface area contributed by atoms with Crippen LogP contribution < -0.4 is 0 Å². The van der Waals surface area contributed by atoms with Gasteiger partial charge in [-0.05, 0) is 71.9 Å². The van der Waals surface area contributed by atoms with Crippen molar-refractivity contribution in [2.24, 2.45) is 0 Å². The zero-order valence-electron chi connectivity index (χ0n) is 26.2. The minimum atomic E-state index is 0.499. The van der Waals surface area contributed by atoms with Gasteiger partial charge < -0.3 is 0 Å². The van der Waals surface area contributed by atoms with Gasteiger partial charge in [-0.2, -0.15) is 15.3 Å². The quantitative estimate of drug-likeness (QED) is 0.150. The summed E-state index contributed by atoms with van der Waals surface area (Å²) < 4.78 is 0. The van der Waals surface area contributed by atoms with E-state index in [1.807, 2.05) is 18.6 Å². The van der Waals surface area contributed by atoms with E-state index >= 15 is 0 Å². The Morgan fingerprint density at radius 3 is 0.881 bits per heavy atom. The molecule has 222 valence electrons. The standard InChI is InChI=1S/C33H45N9/c1-7-13-22-19-34-40-28(25(22)16-10-4)31-37-32(29-26(17-11-5)23(14-8-2)20-35-41-29)39-33(38-31)30-27(18-12-6)24(15-9-3)21-36-42-30/h19-21H,7-18H2,1-6H3. The predicted molar refractivity (Wildman–Crippen MR) is 167 cm³/mol. The first-order chi connectivity index (χ1) is 20.6. The highest BCUT2D eigenvalue weighted by molar-refractivity contribution is 5.67. The van der Waals surface area contributed by atoms with Crippen molar-refractivity contribution in [3.63, 3.8) is 0 Å². The van der Waals surface area contributed by atoms with E-state index in [0.717, 1.165) is 93.7 Å². The van der Waals surface area contributed by atoms with Crippen LogP contribution in [0.1, 0.15) is 113 Å². The molecule has 0 aliphatic heterocycles. The van der Waals surface area contributed by atoms with E-state index < -0.39 is 0 Å². The maximum atomic E-state index is 5.05. The van der Waals surface area contributed by atoms with Crippen LogP contribution in [-0.4, -0.2) is 45.5 Å². The molecule has 0 fully saturated rings. The fourth-order valence-corrected chi connectivity index (χ4v) is 5.61. The highest BCUT2D eigenvalue weighted by Gasteiger charge is 2.23. The van der Waals surface area contributed by atoms with E-state index in [2.05, 4.69) is 72.1 Å². The van der Waals surface area contributed by atoms with Gasteiger partial charge in [0.25, 0.3) is 0 Å². The van der Waals surface area contributed by atoms with Gasteiger partial charge in [-0.25, -0.2) is 15.0 Å². The van der Waals surface area contributed by atoms with Gasteiger partial charge in [0.15, 0.2) is 17.5 Å². The van der Waals surface area contributed by atoms with Crippen molar-refractivity contribution in [2.75, 3.05) is 0 Å². The van der Waals surface area contributed by atoms with Crippen molar-refractivity contribution in [2.45, 2.75) is 119 Å². The van der Waals surface area contributed by atoms with Gasteiger partial charge in [-0.1, -0.05) is 80.1 Å². The highest BCUT2D eigenvalue weighted by Crippen LogP contribution is 2.31. The summed E-state index contributed by atoms with van der Waals surface area (Å²) >= 11 is 0. The first kappa shape index (κ1) is 31.2. The van der Waals surface area contributed by atoms with Gasteiger partial charge >= 0.3 is 0 Å². The average Bonchev–Trinajstić information content (AvgIpc) is 3.00. The van der Waals surface area contributed by atoms with E-state index in [1.54, 1.807) is 0 Å². The van der Waals surface area contributed by atoms with Crippen molar-refractivity contribution in [1.29, 1.82) is 0 Å². The second kappa shape index (κ2) is 15.5. The Kier molecular flexibility index (Phi) is 11.5. The Morgan fingerprint density at radius 2 is 0.643 bits per heavy atom. The Hall–Kier alpha value is -3.75. The first-order valence-corrected chi connectivity index (χ1v) is 15.9. The highest BCUT2D eigenvalue weighted by atomic mass is 15.2. The molecule has 4 aromatic heterocycles. The fourth-order valence-electron chi connectivity index (χ4n) is 5.61. The number of aromatic nitrogens is 9. The lowest BCUT2D eigenvalue weighted by Gasteiger charge is -2.16. The van der Waals surface area contributed by atoms with Gasteiger partial charge in [0.1, 0.15) is 17.1 Å². The van der Waals surface area contributed by atoms with Gasteiger partial charge in [0.2, 0.25) is 0 Å². The third-order valence-electron chi connectivity index (χ3n) is 7.46. The summed E-state index contributed by atoms with van der Waals surface area (Å²) in [6.45, 7) is 13.1. The third-order valence-corrected chi connectivity index (χ3v) is 7.46. The molecule has 9 nitrogen and oxygen atoms in total. The summed E-state index contributed by atoms with van der Waals surface area (Å²) in [5.74, 6) is 1.50. The zero-order chi connectivity index (χ0) is 29.9. The molecule has 0 amide bonds. The van der Waals surface area contributed by atoms with Crippen LogP contribution in [0.15, 0.2) is 18.6 Å². The molecule has 0 saturated heterocycles. The summed E-state index contributed by atoms with van der Waals surface area (Å²) in [7, 11) is 0. The largest absolute Gasteiger partial charge is 0.205 e. The molecule has 0 radical (unpaired) electrons. The van der Waals surface area contributed by atoms with Gasteiger partial charge in [0, 0.05) is 0 Å². The van der Waals surface area contributed by atoms with Crippen LogP contribution in [-0.2, 0) is 38.5 Å². The molecule has 9 heteroatoms. The van der Waals surface area contributed by atoms with E-state index in [1.165, 1.54) is 16.7 Å². The maximum absolute atomic E-state index is 5.05. The lowest BCUT2D eigenvalue weighted by atomic mass is 9.98. The summed E-state index contributed by atoms with van der Waals surface area (Å²) in [4.78, 5) is 15.1. The molecule has 0 saturated carbocycles. The number of hydrogen-bond acceptors (Lipinski definition) is 9. The molecule has 0 spiro atoms. The molecule has 42 heavy (non-hydrogen) atoms. The van der Waals surface area contributed by atoms with Crippen molar-refractivity contribution < 1.29 is 0 Å². The monoisotopic (exact) mass is 567 g/mol. The lowest BCUT2D eigenvalue weighted by Crippen LogP contribution is -2.11. The van der Waals surface area contributed by atoms with Gasteiger partial charge in [-0.15, -0.1) is 15.3 Å². The topological polar surface area (TPSA) is 116 Å². The van der Waals surface area contributed by atoms with Crippen LogP contribution in [0.4, 0.5) is 0 Å². The molecule has 0 bridgehead atoms. The van der Waals surface area contributed by atoms with Crippen LogP contribution in [0.2, 0.25) is 0 Å². The van der Waals surface area contributed by atoms with Crippen LogP contribution in [0, 0.1) is 0 Å². The van der Waals surface area contributed by atoms with E-state index in [-0.39, 0.29) is 0 Å². The van der Waals surface area contributed by atoms with E-state index in [9.17, 15) is 0 Å². The maximum Gasteiger partial charge on any atom is 0.184 e. The molecule has 0 atom stereocenters. The predicted octanol–water partition coefficient (Wildman–Crippen LogP) is 6.96. The van der Waals surface area contributed by atoms with Crippen LogP contribution >= 0.6 is 0 Å². The number of nitrogens with zero attached hydrogens (tertiary/aromatic N) is 9. The molecular formula is C33H45N9. The van der Waals surface area contributed by atoms with Crippen molar-refractivity contribution in [3.8, 4) is 34.6 Å². The summed E-state index contributed by atoms with van der Waals surface area (Å²) in [6, 6.07) is 0. The van der Waals surface area contributed by atoms with Gasteiger partial charge in [-0.3, -0.25) is 0 Å². The van der Waals surface area contributed by atoms with E-state index in [0.29, 0.717) is 34.6 Å². The fraction of sp³-hybridized carbons (Fsp3) is 0.545. The smallest absolute Gasteiger partial charge is 0.184 e. The first-order valence-electron chi connectivity index (χ1n) is 15.9. The molecule has 4 heterocycles. The number of aryl methyl sites for hydroxylation is 3. The number of rotatable bonds is 15. The molecular weight excluding hydrogens is 522 g/mol. The van der Waals surface area contributed by atoms with Gasteiger partial charge in [0.05, 0.1) is 18.6 Å². The molecule has 0 aliphatic rings. The van der Waals surface area contributed by atoms with Crippen molar-refractivity contribution >= 4 is 0 Å². The normalized spacial score (nSPS) is 11.3. The Balaban J connectivity index is 2.05. The number of hydrogen-bond donors (Lipinski definition) is 0. The average molecular weight is 568 g/mol. The molecule has 0 unspecified atom stereocenters. The van der Waals surface area contributed by atoms with Crippen molar-refractivity contribution in [1.82, 2.24) is 45.5 Å². The second-order valence-electron chi connectivity index (χ2n) is 10.9. The molecule has 0 aliphatic carbocycles. The van der Waals surface area contributed by atoms with E-state index in [4.69, 9.17) is 15.0 Å². The zero-order valence-corrected chi connectivity index (χ0v) is 26.2. The van der Waals surface area contributed by atoms with Crippen LogP contribution in [0.5, 0.6) is 0 Å². The second-order valence-corrected chi connectivity index (χ2v) is 10.9. The minimum absolute atomic E-state index is 0.499. The third kappa shape index (κ3) is 6.99. The summed E-state index contributed by atoms with van der Waals surface area (Å²) in [6.07, 6.45) is 17.1. The summed E-state index contributed by atoms with van der Waals surface area (Å²) in [5, 5.41) is 27.0. The van der Waals surface area contributed by atoms with Crippen LogP contribution in [0.3, 0.4) is 0 Å². The molecule has 0 N–H and O–H groups in total. The Labute approximate surface area is 250 Å². The molecule has 4 rings (SSSR count). The lowest BCUT2D eigenvalue weighted by molar-refractivity contribution is 0.817. The van der Waals surface area contributed by atoms with Crippen LogP contribution in [0.25, 0.3) is 34.6 Å².